The smallest absolute Gasteiger partial charge is 0.227 e. The van der Waals surface area contributed by atoms with E-state index in [1.165, 1.54) is 30.6 Å². The number of nitrogens with one attached hydrogen (secondary N) is 1. The molecule has 3 rings (SSSR count). The van der Waals surface area contributed by atoms with Crippen LogP contribution in [0, 0.1) is 0 Å². The van der Waals surface area contributed by atoms with Crippen LogP contribution in [0.2, 0.25) is 0 Å². The zero-order valence-electron chi connectivity index (χ0n) is 16.9. The van der Waals surface area contributed by atoms with E-state index in [0.29, 0.717) is 33.8 Å². The number of carbonyl (C=O) groups is 1. The number of nitrogens with zero attached hydrogens (tertiary/aromatic N) is 3. The summed E-state index contributed by atoms with van der Waals surface area (Å²) in [7, 11) is 4.69. The maximum absolute atomic E-state index is 12.2. The number of amides is 1. The van der Waals surface area contributed by atoms with Gasteiger partial charge in [-0.05, 0) is 38.1 Å². The van der Waals surface area contributed by atoms with Crippen molar-refractivity contribution in [1.82, 2.24) is 15.1 Å². The Balaban J connectivity index is 0.00000300. The molecule has 10 heteroatoms. The van der Waals surface area contributed by atoms with Crippen LogP contribution in [-0.4, -0.2) is 62.0 Å². The second-order valence-corrected chi connectivity index (χ2v) is 7.50. The highest BCUT2D eigenvalue weighted by Crippen LogP contribution is 2.42. The minimum atomic E-state index is -0.0434. The first-order valence-corrected chi connectivity index (χ1v) is 10.1. The maximum Gasteiger partial charge on any atom is 0.227 e. The number of halogens is 1. The number of hydrogen-bond donors (Lipinski definition) is 1. The predicted molar refractivity (Wildman–Crippen MR) is 116 cm³/mol. The molecule has 0 unspecified atom stereocenters. The number of anilines is 1. The van der Waals surface area contributed by atoms with E-state index in [2.05, 4.69) is 20.4 Å². The summed E-state index contributed by atoms with van der Waals surface area (Å²) < 4.78 is 16.1. The molecule has 0 spiro atoms. The molecule has 160 valence electrons. The van der Waals surface area contributed by atoms with E-state index < -0.39 is 0 Å². The number of likely N-dealkylation sites (tertiary alicyclic amines) is 1. The zero-order chi connectivity index (χ0) is 19.9. The van der Waals surface area contributed by atoms with Crippen molar-refractivity contribution >= 4 is 34.8 Å². The summed E-state index contributed by atoms with van der Waals surface area (Å²) in [6, 6.07) is 3.62. The summed E-state index contributed by atoms with van der Waals surface area (Å²) in [6.07, 6.45) is 4.18. The van der Waals surface area contributed by atoms with E-state index in [-0.39, 0.29) is 18.3 Å². The summed E-state index contributed by atoms with van der Waals surface area (Å²) in [6.45, 7) is 2.94. The molecule has 0 aliphatic carbocycles. The summed E-state index contributed by atoms with van der Waals surface area (Å²) in [5, 5.41) is 12.3. The lowest BCUT2D eigenvalue weighted by Crippen LogP contribution is -2.32. The Bertz CT molecular complexity index is 786. The van der Waals surface area contributed by atoms with Crippen LogP contribution in [0.1, 0.15) is 25.7 Å². The molecule has 2 heterocycles. The Morgan fingerprint density at radius 1 is 1.07 bits per heavy atom. The minimum absolute atomic E-state index is 0. The molecule has 0 radical (unpaired) electrons. The standard InChI is InChI=1S/C19H26N4O4S.ClH/c1-25-14-11-13(12-15(26-2)17(14)27-3)18-21-22-19(28-18)20-16(24)7-10-23-8-5-4-6-9-23;/h11-12H,4-10H2,1-3H3,(H,20,22,24);1H. The molecule has 0 atom stereocenters. The van der Waals surface area contributed by atoms with Crippen molar-refractivity contribution in [1.29, 1.82) is 0 Å². The first kappa shape index (κ1) is 23.2. The van der Waals surface area contributed by atoms with Gasteiger partial charge in [-0.1, -0.05) is 17.8 Å². The van der Waals surface area contributed by atoms with Crippen LogP contribution in [0.15, 0.2) is 12.1 Å². The molecule has 1 aliphatic heterocycles. The molecule has 2 aromatic rings. The highest BCUT2D eigenvalue weighted by molar-refractivity contribution is 7.18. The van der Waals surface area contributed by atoms with Crippen molar-refractivity contribution in [2.75, 3.05) is 46.3 Å². The second-order valence-electron chi connectivity index (χ2n) is 6.53. The molecule has 8 nitrogen and oxygen atoms in total. The lowest BCUT2D eigenvalue weighted by molar-refractivity contribution is -0.116. The fourth-order valence-electron chi connectivity index (χ4n) is 3.22. The third kappa shape index (κ3) is 5.94. The van der Waals surface area contributed by atoms with Crippen LogP contribution in [0.25, 0.3) is 10.6 Å². The predicted octanol–water partition coefficient (Wildman–Crippen LogP) is 3.47. The Morgan fingerprint density at radius 2 is 1.72 bits per heavy atom. The topological polar surface area (TPSA) is 85.8 Å². The van der Waals surface area contributed by atoms with E-state index in [4.69, 9.17) is 14.2 Å². The molecule has 1 fully saturated rings. The number of carbonyl (C=O) groups excluding carboxylic acids is 1. The van der Waals surface area contributed by atoms with E-state index in [9.17, 15) is 4.79 Å². The maximum atomic E-state index is 12.2. The molecule has 1 aromatic carbocycles. The summed E-state index contributed by atoms with van der Waals surface area (Å²) in [4.78, 5) is 14.6. The van der Waals surface area contributed by atoms with Crippen molar-refractivity contribution in [2.45, 2.75) is 25.7 Å². The average molecular weight is 443 g/mol. The highest BCUT2D eigenvalue weighted by atomic mass is 35.5. The van der Waals surface area contributed by atoms with Gasteiger partial charge in [-0.3, -0.25) is 4.79 Å². The van der Waals surface area contributed by atoms with Gasteiger partial charge in [0.05, 0.1) is 21.3 Å². The second kappa shape index (κ2) is 11.2. The summed E-state index contributed by atoms with van der Waals surface area (Å²) >= 11 is 1.31. The summed E-state index contributed by atoms with van der Waals surface area (Å²) in [5.41, 5.74) is 0.779. The van der Waals surface area contributed by atoms with Crippen LogP contribution < -0.4 is 19.5 Å². The SMILES string of the molecule is COc1cc(-c2nnc(NC(=O)CCN3CCCCC3)s2)cc(OC)c1OC.Cl. The Labute approximate surface area is 181 Å². The van der Waals surface area contributed by atoms with Crippen LogP contribution >= 0.6 is 23.7 Å². The van der Waals surface area contributed by atoms with Crippen LogP contribution in [0.3, 0.4) is 0 Å². The van der Waals surface area contributed by atoms with E-state index in [1.807, 2.05) is 12.1 Å². The van der Waals surface area contributed by atoms with E-state index in [0.717, 1.165) is 25.2 Å². The molecule has 0 bridgehead atoms. The summed E-state index contributed by atoms with van der Waals surface area (Å²) in [5.74, 6) is 1.56. The fourth-order valence-corrected chi connectivity index (χ4v) is 3.97. The Morgan fingerprint density at radius 3 is 2.31 bits per heavy atom. The molecule has 29 heavy (non-hydrogen) atoms. The van der Waals surface area contributed by atoms with Gasteiger partial charge in [0, 0.05) is 18.5 Å². The first-order valence-electron chi connectivity index (χ1n) is 9.30. The monoisotopic (exact) mass is 442 g/mol. The number of benzene rings is 1. The Kier molecular flexibility index (Phi) is 8.94. The quantitative estimate of drug-likeness (QED) is 0.669. The average Bonchev–Trinajstić information content (AvgIpc) is 3.20. The number of aromatic nitrogens is 2. The van der Waals surface area contributed by atoms with Crippen LogP contribution in [0.5, 0.6) is 17.2 Å². The van der Waals surface area contributed by atoms with Gasteiger partial charge < -0.3 is 24.4 Å². The molecule has 1 amide bonds. The van der Waals surface area contributed by atoms with Crippen molar-refractivity contribution in [3.8, 4) is 27.8 Å². The third-order valence-electron chi connectivity index (χ3n) is 4.69. The third-order valence-corrected chi connectivity index (χ3v) is 5.57. The largest absolute Gasteiger partial charge is 0.493 e. The lowest BCUT2D eigenvalue weighted by Gasteiger charge is -2.25. The number of piperidine rings is 1. The number of hydrogen-bond acceptors (Lipinski definition) is 8. The zero-order valence-corrected chi connectivity index (χ0v) is 18.5. The van der Waals surface area contributed by atoms with Gasteiger partial charge in [0.25, 0.3) is 0 Å². The van der Waals surface area contributed by atoms with Gasteiger partial charge in [-0.15, -0.1) is 22.6 Å². The van der Waals surface area contributed by atoms with Gasteiger partial charge in [-0.2, -0.15) is 0 Å². The number of rotatable bonds is 8. The van der Waals surface area contributed by atoms with Gasteiger partial charge in [0.2, 0.25) is 16.8 Å². The molecule has 1 saturated heterocycles. The fraction of sp³-hybridized carbons (Fsp3) is 0.526. The molecule has 0 saturated carbocycles. The van der Waals surface area contributed by atoms with Gasteiger partial charge in [-0.25, -0.2) is 0 Å². The van der Waals surface area contributed by atoms with Crippen molar-refractivity contribution in [3.05, 3.63) is 12.1 Å². The van der Waals surface area contributed by atoms with Crippen molar-refractivity contribution in [3.63, 3.8) is 0 Å². The van der Waals surface area contributed by atoms with Crippen LogP contribution in [0.4, 0.5) is 5.13 Å². The van der Waals surface area contributed by atoms with Crippen LogP contribution in [-0.2, 0) is 4.79 Å². The number of ether oxygens (including phenoxy) is 3. The van der Waals surface area contributed by atoms with Gasteiger partial charge >= 0.3 is 0 Å². The molecule has 1 N–H and O–H groups in total. The lowest BCUT2D eigenvalue weighted by atomic mass is 10.1. The van der Waals surface area contributed by atoms with E-state index >= 15 is 0 Å². The van der Waals surface area contributed by atoms with Gasteiger partial charge in [0.1, 0.15) is 5.01 Å². The molecular formula is C19H27ClN4O4S. The van der Waals surface area contributed by atoms with Gasteiger partial charge in [0.15, 0.2) is 11.5 Å². The molecular weight excluding hydrogens is 416 g/mol. The normalized spacial score (nSPS) is 14.0. The number of methoxy groups -OCH3 is 3. The minimum Gasteiger partial charge on any atom is -0.493 e. The molecule has 1 aliphatic rings. The van der Waals surface area contributed by atoms with Crippen molar-refractivity contribution < 1.29 is 19.0 Å². The van der Waals surface area contributed by atoms with Crippen molar-refractivity contribution in [2.24, 2.45) is 0 Å². The highest BCUT2D eigenvalue weighted by Gasteiger charge is 2.17. The van der Waals surface area contributed by atoms with E-state index in [1.54, 1.807) is 21.3 Å². The first-order chi connectivity index (χ1) is 13.6. The Hall–Kier alpha value is -2.10. The molecule has 1 aromatic heterocycles.